The van der Waals surface area contributed by atoms with Crippen molar-refractivity contribution < 1.29 is 5.11 Å². The first-order chi connectivity index (χ1) is 3.91. The standard InChI is InChI=1S/C7H13O/c1-2-3-4-5-6-7-8/h3-5,8H,2,6-7H2,1H3. The Hall–Kier alpha value is -0.300. The van der Waals surface area contributed by atoms with Crippen LogP contribution in [-0.4, -0.2) is 11.7 Å². The predicted molar refractivity (Wildman–Crippen MR) is 35.4 cm³/mol. The van der Waals surface area contributed by atoms with Crippen LogP contribution in [0.15, 0.2) is 12.2 Å². The lowest BCUT2D eigenvalue weighted by molar-refractivity contribution is 0.302. The van der Waals surface area contributed by atoms with Crippen molar-refractivity contribution in [3.8, 4) is 0 Å². The van der Waals surface area contributed by atoms with Gasteiger partial charge in [0.2, 0.25) is 0 Å². The van der Waals surface area contributed by atoms with Crippen molar-refractivity contribution in [2.75, 3.05) is 6.61 Å². The summed E-state index contributed by atoms with van der Waals surface area (Å²) in [5.74, 6) is 0. The molecule has 0 atom stereocenters. The van der Waals surface area contributed by atoms with Crippen LogP contribution in [0.5, 0.6) is 0 Å². The zero-order valence-electron chi connectivity index (χ0n) is 5.30. The number of allylic oxidation sites excluding steroid dienone is 1. The molecule has 1 radical (unpaired) electrons. The molecular formula is C7H13O. The minimum Gasteiger partial charge on any atom is -0.396 e. The highest BCUT2D eigenvalue weighted by atomic mass is 16.2. The van der Waals surface area contributed by atoms with E-state index in [2.05, 4.69) is 13.3 Å². The summed E-state index contributed by atoms with van der Waals surface area (Å²) in [6, 6.07) is 0. The zero-order valence-corrected chi connectivity index (χ0v) is 5.30. The summed E-state index contributed by atoms with van der Waals surface area (Å²) in [5, 5.41) is 8.30. The molecule has 0 aromatic heterocycles. The van der Waals surface area contributed by atoms with Crippen LogP contribution in [-0.2, 0) is 0 Å². The summed E-state index contributed by atoms with van der Waals surface area (Å²) in [7, 11) is 0. The third kappa shape index (κ3) is 5.70. The third-order valence-electron chi connectivity index (χ3n) is 0.804. The SMILES string of the molecule is CC[CH]C=CCCO. The van der Waals surface area contributed by atoms with Crippen molar-refractivity contribution in [2.45, 2.75) is 19.8 Å². The number of hydrogen-bond donors (Lipinski definition) is 1. The molecule has 0 saturated heterocycles. The van der Waals surface area contributed by atoms with Gasteiger partial charge in [0.25, 0.3) is 0 Å². The van der Waals surface area contributed by atoms with Crippen LogP contribution in [0.2, 0.25) is 0 Å². The first kappa shape index (κ1) is 7.70. The summed E-state index contributed by atoms with van der Waals surface area (Å²) < 4.78 is 0. The topological polar surface area (TPSA) is 20.2 Å². The highest BCUT2D eigenvalue weighted by Crippen LogP contribution is 1.87. The van der Waals surface area contributed by atoms with Crippen LogP contribution in [0.3, 0.4) is 0 Å². The average Bonchev–Trinajstić information content (AvgIpc) is 1.81. The fraction of sp³-hybridized carbons (Fsp3) is 0.571. The van der Waals surface area contributed by atoms with E-state index in [0.717, 1.165) is 12.8 Å². The van der Waals surface area contributed by atoms with Gasteiger partial charge in [-0.25, -0.2) is 0 Å². The first-order valence-corrected chi connectivity index (χ1v) is 3.01. The molecule has 0 saturated carbocycles. The van der Waals surface area contributed by atoms with Crippen LogP contribution in [0.1, 0.15) is 19.8 Å². The predicted octanol–water partition coefficient (Wildman–Crippen LogP) is 1.54. The van der Waals surface area contributed by atoms with Gasteiger partial charge in [-0.05, 0) is 19.3 Å². The van der Waals surface area contributed by atoms with Gasteiger partial charge in [-0.3, -0.25) is 0 Å². The van der Waals surface area contributed by atoms with Crippen LogP contribution >= 0.6 is 0 Å². The number of aliphatic hydroxyl groups excluding tert-OH is 1. The molecule has 1 N–H and O–H groups in total. The van der Waals surface area contributed by atoms with Crippen molar-refractivity contribution in [3.63, 3.8) is 0 Å². The zero-order chi connectivity index (χ0) is 6.24. The summed E-state index contributed by atoms with van der Waals surface area (Å²) >= 11 is 0. The van der Waals surface area contributed by atoms with Crippen molar-refractivity contribution in [2.24, 2.45) is 0 Å². The van der Waals surface area contributed by atoms with E-state index in [0.29, 0.717) is 0 Å². The fourth-order valence-electron chi connectivity index (χ4n) is 0.403. The maximum atomic E-state index is 8.30. The molecule has 8 heavy (non-hydrogen) atoms. The lowest BCUT2D eigenvalue weighted by Crippen LogP contribution is -1.74. The van der Waals surface area contributed by atoms with Gasteiger partial charge in [-0.15, -0.1) is 0 Å². The minimum atomic E-state index is 0.258. The van der Waals surface area contributed by atoms with Gasteiger partial charge in [0.15, 0.2) is 0 Å². The Morgan fingerprint density at radius 1 is 1.50 bits per heavy atom. The third-order valence-corrected chi connectivity index (χ3v) is 0.804. The molecule has 1 heteroatoms. The van der Waals surface area contributed by atoms with E-state index in [1.807, 2.05) is 12.2 Å². The van der Waals surface area contributed by atoms with Crippen LogP contribution in [0, 0.1) is 6.42 Å². The molecule has 0 aromatic carbocycles. The van der Waals surface area contributed by atoms with E-state index in [9.17, 15) is 0 Å². The molecule has 0 spiro atoms. The summed E-state index contributed by atoms with van der Waals surface area (Å²) in [6.45, 7) is 2.34. The molecule has 0 aliphatic rings. The average molecular weight is 113 g/mol. The second-order valence-electron chi connectivity index (χ2n) is 1.58. The molecule has 0 aromatic rings. The Labute approximate surface area is 51.0 Å². The van der Waals surface area contributed by atoms with E-state index in [1.54, 1.807) is 0 Å². The fourth-order valence-corrected chi connectivity index (χ4v) is 0.403. The van der Waals surface area contributed by atoms with Gasteiger partial charge in [0, 0.05) is 6.61 Å². The van der Waals surface area contributed by atoms with Gasteiger partial charge < -0.3 is 5.11 Å². The molecule has 0 rings (SSSR count). The van der Waals surface area contributed by atoms with Crippen LogP contribution in [0.25, 0.3) is 0 Å². The Balaban J connectivity index is 2.83. The molecule has 0 heterocycles. The van der Waals surface area contributed by atoms with E-state index in [-0.39, 0.29) is 6.61 Å². The molecule has 1 nitrogen and oxygen atoms in total. The maximum Gasteiger partial charge on any atom is 0.0465 e. The number of aliphatic hydroxyl groups is 1. The second-order valence-corrected chi connectivity index (χ2v) is 1.58. The van der Waals surface area contributed by atoms with Gasteiger partial charge >= 0.3 is 0 Å². The number of hydrogen-bond acceptors (Lipinski definition) is 1. The minimum absolute atomic E-state index is 0.258. The van der Waals surface area contributed by atoms with Gasteiger partial charge in [-0.2, -0.15) is 0 Å². The Morgan fingerprint density at radius 3 is 2.75 bits per heavy atom. The van der Waals surface area contributed by atoms with Gasteiger partial charge in [-0.1, -0.05) is 19.1 Å². The van der Waals surface area contributed by atoms with E-state index < -0.39 is 0 Å². The Morgan fingerprint density at radius 2 is 2.25 bits per heavy atom. The summed E-state index contributed by atoms with van der Waals surface area (Å²) in [4.78, 5) is 0. The maximum absolute atomic E-state index is 8.30. The lowest BCUT2D eigenvalue weighted by atomic mass is 10.3. The van der Waals surface area contributed by atoms with Crippen molar-refractivity contribution >= 4 is 0 Å². The van der Waals surface area contributed by atoms with Crippen molar-refractivity contribution in [3.05, 3.63) is 18.6 Å². The Kier molecular flexibility index (Phi) is 6.45. The molecule has 0 aliphatic heterocycles. The molecule has 0 amide bonds. The first-order valence-electron chi connectivity index (χ1n) is 3.01. The molecule has 47 valence electrons. The smallest absolute Gasteiger partial charge is 0.0465 e. The van der Waals surface area contributed by atoms with E-state index in [1.165, 1.54) is 0 Å². The normalized spacial score (nSPS) is 10.8. The monoisotopic (exact) mass is 113 g/mol. The summed E-state index contributed by atoms with van der Waals surface area (Å²) in [5.41, 5.74) is 0. The largest absolute Gasteiger partial charge is 0.396 e. The van der Waals surface area contributed by atoms with Gasteiger partial charge in [0.1, 0.15) is 0 Å². The van der Waals surface area contributed by atoms with E-state index in [4.69, 9.17) is 5.11 Å². The highest BCUT2D eigenvalue weighted by Gasteiger charge is 1.73. The van der Waals surface area contributed by atoms with Crippen LogP contribution in [0.4, 0.5) is 0 Å². The van der Waals surface area contributed by atoms with E-state index >= 15 is 0 Å². The summed E-state index contributed by atoms with van der Waals surface area (Å²) in [6.07, 6.45) is 7.85. The van der Waals surface area contributed by atoms with Crippen LogP contribution < -0.4 is 0 Å². The quantitative estimate of drug-likeness (QED) is 0.586. The number of rotatable bonds is 4. The molecule has 0 aliphatic carbocycles. The van der Waals surface area contributed by atoms with Gasteiger partial charge in [0.05, 0.1) is 0 Å². The second kappa shape index (κ2) is 6.70. The molecule has 0 bridgehead atoms. The number of unbranched alkanes of at least 4 members (excludes halogenated alkanes) is 1. The molecule has 0 unspecified atom stereocenters. The van der Waals surface area contributed by atoms with Crippen molar-refractivity contribution in [1.82, 2.24) is 0 Å². The highest BCUT2D eigenvalue weighted by molar-refractivity contribution is 4.93. The lowest BCUT2D eigenvalue weighted by Gasteiger charge is -1.82. The molecular weight excluding hydrogens is 100 g/mol. The Bertz CT molecular complexity index is 49.4. The molecule has 0 fully saturated rings. The van der Waals surface area contributed by atoms with Crippen molar-refractivity contribution in [1.29, 1.82) is 0 Å².